The summed E-state index contributed by atoms with van der Waals surface area (Å²) >= 11 is 0. The minimum absolute atomic E-state index is 0.106. The molecule has 1 atom stereocenters. The second kappa shape index (κ2) is 9.55. The number of nitrogens with one attached hydrogen (secondary N) is 2. The summed E-state index contributed by atoms with van der Waals surface area (Å²) in [6.45, 7) is 5.50. The van der Waals surface area contributed by atoms with Crippen LogP contribution >= 0.6 is 0 Å². The molecule has 1 aromatic rings. The van der Waals surface area contributed by atoms with Gasteiger partial charge in [-0.25, -0.2) is 5.43 Å². The third-order valence-corrected chi connectivity index (χ3v) is 2.92. The van der Waals surface area contributed by atoms with Crippen LogP contribution in [0.25, 0.3) is 0 Å². The lowest BCUT2D eigenvalue weighted by molar-refractivity contribution is -0.123. The summed E-state index contributed by atoms with van der Waals surface area (Å²) < 4.78 is 5.29. The number of nitrogens with zero attached hydrogens (tertiary/aromatic N) is 1. The van der Waals surface area contributed by atoms with Crippen LogP contribution in [0.5, 0.6) is 5.75 Å². The maximum absolute atomic E-state index is 11.6. The quantitative estimate of drug-likeness (QED) is 0.568. The third kappa shape index (κ3) is 7.42. The molecule has 2 amide bonds. The average molecular weight is 305 g/mol. The molecule has 0 aromatic heterocycles. The maximum Gasteiger partial charge on any atom is 0.277 e. The summed E-state index contributed by atoms with van der Waals surface area (Å²) in [5.74, 6) is 0.141. The molecule has 0 fully saturated rings. The van der Waals surface area contributed by atoms with Gasteiger partial charge in [0.2, 0.25) is 5.91 Å². The number of carbonyl (C=O) groups is 2. The highest BCUT2D eigenvalue weighted by atomic mass is 16.5. The molecule has 0 radical (unpaired) electrons. The second-order valence-corrected chi connectivity index (χ2v) is 5.04. The molecule has 22 heavy (non-hydrogen) atoms. The zero-order chi connectivity index (χ0) is 16.4. The Bertz CT molecular complexity index is 515. The fourth-order valence-electron chi connectivity index (χ4n) is 1.56. The van der Waals surface area contributed by atoms with Crippen molar-refractivity contribution in [3.63, 3.8) is 0 Å². The van der Waals surface area contributed by atoms with E-state index >= 15 is 0 Å². The first-order valence-corrected chi connectivity index (χ1v) is 7.30. The number of amides is 2. The molecule has 0 saturated heterocycles. The fourth-order valence-corrected chi connectivity index (χ4v) is 1.56. The van der Waals surface area contributed by atoms with Gasteiger partial charge in [-0.1, -0.05) is 25.1 Å². The Hall–Kier alpha value is -2.37. The van der Waals surface area contributed by atoms with Crippen LogP contribution in [-0.2, 0) is 9.59 Å². The predicted octanol–water partition coefficient (Wildman–Crippen LogP) is 1.86. The SMILES string of the molecule is CCC(C)NC(=O)C/C(C)=N\NC(=O)COc1ccccc1. The standard InChI is InChI=1S/C16H23N3O3/c1-4-12(2)17-15(20)10-13(3)18-19-16(21)11-22-14-8-6-5-7-9-14/h5-9,12H,4,10-11H2,1-3H3,(H,17,20)(H,19,21)/b18-13-. The van der Waals surface area contributed by atoms with Crippen LogP contribution in [0.15, 0.2) is 35.4 Å². The van der Waals surface area contributed by atoms with E-state index in [2.05, 4.69) is 15.8 Å². The lowest BCUT2D eigenvalue weighted by Crippen LogP contribution is -2.33. The average Bonchev–Trinajstić information content (AvgIpc) is 2.51. The van der Waals surface area contributed by atoms with Gasteiger partial charge < -0.3 is 10.1 Å². The molecule has 0 bridgehead atoms. The first kappa shape index (κ1) is 17.7. The molecule has 1 aromatic carbocycles. The van der Waals surface area contributed by atoms with E-state index in [1.54, 1.807) is 19.1 Å². The van der Waals surface area contributed by atoms with Crippen molar-refractivity contribution in [3.05, 3.63) is 30.3 Å². The minimum Gasteiger partial charge on any atom is -0.484 e. The van der Waals surface area contributed by atoms with Gasteiger partial charge >= 0.3 is 0 Å². The van der Waals surface area contributed by atoms with Crippen molar-refractivity contribution < 1.29 is 14.3 Å². The number of hydrogen-bond donors (Lipinski definition) is 2. The molecule has 6 nitrogen and oxygen atoms in total. The van der Waals surface area contributed by atoms with Crippen LogP contribution < -0.4 is 15.5 Å². The second-order valence-electron chi connectivity index (χ2n) is 5.04. The molecular formula is C16H23N3O3. The number of hydrazone groups is 1. The van der Waals surface area contributed by atoms with Crippen molar-refractivity contribution in [3.8, 4) is 5.75 Å². The first-order valence-electron chi connectivity index (χ1n) is 7.30. The highest BCUT2D eigenvalue weighted by molar-refractivity contribution is 6.00. The van der Waals surface area contributed by atoms with E-state index in [1.807, 2.05) is 32.0 Å². The summed E-state index contributed by atoms with van der Waals surface area (Å²) in [4.78, 5) is 23.2. The van der Waals surface area contributed by atoms with Crippen molar-refractivity contribution in [2.24, 2.45) is 5.10 Å². The number of ether oxygens (including phenoxy) is 1. The Labute approximate surface area is 130 Å². The molecule has 6 heteroatoms. The van der Waals surface area contributed by atoms with E-state index in [0.717, 1.165) is 6.42 Å². The van der Waals surface area contributed by atoms with Gasteiger partial charge in [0, 0.05) is 11.8 Å². The molecule has 120 valence electrons. The summed E-state index contributed by atoms with van der Waals surface area (Å²) in [6.07, 6.45) is 1.03. The molecule has 1 rings (SSSR count). The molecule has 0 saturated carbocycles. The summed E-state index contributed by atoms with van der Waals surface area (Å²) in [6, 6.07) is 9.18. The highest BCUT2D eigenvalue weighted by Gasteiger charge is 2.07. The monoisotopic (exact) mass is 305 g/mol. The van der Waals surface area contributed by atoms with Crippen molar-refractivity contribution in [2.75, 3.05) is 6.61 Å². The number of benzene rings is 1. The van der Waals surface area contributed by atoms with Gasteiger partial charge in [0.25, 0.3) is 5.91 Å². The molecule has 1 unspecified atom stereocenters. The largest absolute Gasteiger partial charge is 0.484 e. The van der Waals surface area contributed by atoms with Crippen LogP contribution in [-0.4, -0.2) is 30.2 Å². The summed E-state index contributed by atoms with van der Waals surface area (Å²) in [5.41, 5.74) is 2.91. The molecule has 0 aliphatic rings. The van der Waals surface area contributed by atoms with Gasteiger partial charge in [-0.2, -0.15) is 5.10 Å². The Balaban J connectivity index is 2.30. The number of carbonyl (C=O) groups excluding carboxylic acids is 2. The zero-order valence-corrected chi connectivity index (χ0v) is 13.3. The van der Waals surface area contributed by atoms with E-state index in [4.69, 9.17) is 4.74 Å². The van der Waals surface area contributed by atoms with Crippen LogP contribution in [0.3, 0.4) is 0 Å². The number of rotatable bonds is 8. The lowest BCUT2D eigenvalue weighted by atomic mass is 10.2. The van der Waals surface area contributed by atoms with E-state index < -0.39 is 0 Å². The fraction of sp³-hybridized carbons (Fsp3) is 0.438. The third-order valence-electron chi connectivity index (χ3n) is 2.92. The maximum atomic E-state index is 11.6. The number of hydrogen-bond acceptors (Lipinski definition) is 4. The van der Waals surface area contributed by atoms with Crippen LogP contribution in [0.2, 0.25) is 0 Å². The van der Waals surface area contributed by atoms with E-state index in [9.17, 15) is 9.59 Å². The van der Waals surface area contributed by atoms with Gasteiger partial charge in [0.15, 0.2) is 6.61 Å². The molecule has 0 aliphatic heterocycles. The van der Waals surface area contributed by atoms with E-state index in [0.29, 0.717) is 11.5 Å². The Morgan fingerprint density at radius 2 is 1.91 bits per heavy atom. The van der Waals surface area contributed by atoms with Crippen LogP contribution in [0.1, 0.15) is 33.6 Å². The first-order chi connectivity index (χ1) is 10.5. The summed E-state index contributed by atoms with van der Waals surface area (Å²) in [5, 5.41) is 6.72. The van der Waals surface area contributed by atoms with Gasteiger partial charge in [0.1, 0.15) is 5.75 Å². The number of para-hydroxylation sites is 1. The Kier molecular flexibility index (Phi) is 7.67. The van der Waals surface area contributed by atoms with E-state index in [-0.39, 0.29) is 30.9 Å². The van der Waals surface area contributed by atoms with Crippen molar-refractivity contribution in [2.45, 2.75) is 39.7 Å². The van der Waals surface area contributed by atoms with Crippen LogP contribution in [0.4, 0.5) is 0 Å². The van der Waals surface area contributed by atoms with Gasteiger partial charge in [-0.15, -0.1) is 0 Å². The zero-order valence-electron chi connectivity index (χ0n) is 13.3. The molecular weight excluding hydrogens is 282 g/mol. The molecule has 0 aliphatic carbocycles. The molecule has 2 N–H and O–H groups in total. The van der Waals surface area contributed by atoms with Gasteiger partial charge in [-0.3, -0.25) is 9.59 Å². The normalized spacial score (nSPS) is 12.4. The predicted molar refractivity (Wildman–Crippen MR) is 85.7 cm³/mol. The Morgan fingerprint density at radius 1 is 1.23 bits per heavy atom. The minimum atomic E-state index is -0.370. The van der Waals surface area contributed by atoms with Gasteiger partial charge in [0.05, 0.1) is 6.42 Å². The lowest BCUT2D eigenvalue weighted by Gasteiger charge is -2.11. The highest BCUT2D eigenvalue weighted by Crippen LogP contribution is 2.07. The topological polar surface area (TPSA) is 79.8 Å². The van der Waals surface area contributed by atoms with Gasteiger partial charge in [-0.05, 0) is 32.4 Å². The van der Waals surface area contributed by atoms with E-state index in [1.165, 1.54) is 0 Å². The summed E-state index contributed by atoms with van der Waals surface area (Å²) in [7, 11) is 0. The molecule has 0 heterocycles. The smallest absolute Gasteiger partial charge is 0.277 e. The van der Waals surface area contributed by atoms with Crippen molar-refractivity contribution >= 4 is 17.5 Å². The van der Waals surface area contributed by atoms with Crippen molar-refractivity contribution in [1.29, 1.82) is 0 Å². The molecule has 0 spiro atoms. The van der Waals surface area contributed by atoms with Crippen molar-refractivity contribution in [1.82, 2.24) is 10.7 Å². The Morgan fingerprint density at radius 3 is 2.55 bits per heavy atom. The van der Waals surface area contributed by atoms with Crippen LogP contribution in [0, 0.1) is 0 Å².